The molecule has 0 spiro atoms. The lowest BCUT2D eigenvalue weighted by Crippen LogP contribution is -2.39. The Hall–Kier alpha value is -2.28. The number of hydrogen-bond donors (Lipinski definition) is 0. The second-order valence-corrected chi connectivity index (χ2v) is 7.61. The van der Waals surface area contributed by atoms with E-state index in [1.54, 1.807) is 26.0 Å². The normalized spacial score (nSPS) is 11.3. The predicted octanol–water partition coefficient (Wildman–Crippen LogP) is 3.00. The Morgan fingerprint density at radius 1 is 1.04 bits per heavy atom. The molecule has 0 bridgehead atoms. The van der Waals surface area contributed by atoms with Gasteiger partial charge in [0.1, 0.15) is 0 Å². The third kappa shape index (κ3) is 3.28. The number of thioether (sulfide) groups is 1. The van der Waals surface area contributed by atoms with Gasteiger partial charge in [0.15, 0.2) is 11.5 Å². The minimum absolute atomic E-state index is 0.414. The lowest BCUT2D eigenvalue weighted by Gasteiger charge is -2.16. The predicted molar refractivity (Wildman–Crippen MR) is 98.0 cm³/mol. The highest BCUT2D eigenvalue weighted by Crippen LogP contribution is 2.33. The highest BCUT2D eigenvalue weighted by molar-refractivity contribution is 7.99. The highest BCUT2D eigenvalue weighted by Gasteiger charge is 2.16. The molecule has 0 unspecified atom stereocenters. The maximum absolute atomic E-state index is 5.44. The summed E-state index contributed by atoms with van der Waals surface area (Å²) in [4.78, 5) is 4.57. The Kier molecular flexibility index (Phi) is 4.85. The Morgan fingerprint density at radius 3 is 2.36 bits per heavy atom. The smallest absolute Gasteiger partial charge is 0.256 e. The Morgan fingerprint density at radius 2 is 1.72 bits per heavy atom. The fourth-order valence-electron chi connectivity index (χ4n) is 2.88. The summed E-state index contributed by atoms with van der Waals surface area (Å²) >= 11 is 1.61. The third-order valence-corrected chi connectivity index (χ3v) is 4.81. The SMILES string of the molecule is COc1cc2cc(C)[n+](-c3nnc(SC(C)C)[n-]3)c(C)c2cc1OC. The van der Waals surface area contributed by atoms with Crippen LogP contribution in [0.15, 0.2) is 23.4 Å². The summed E-state index contributed by atoms with van der Waals surface area (Å²) in [6.07, 6.45) is 0. The Bertz CT molecular complexity index is 921. The summed E-state index contributed by atoms with van der Waals surface area (Å²) in [6.45, 7) is 8.31. The zero-order chi connectivity index (χ0) is 18.1. The number of nitrogens with zero attached hydrogens (tertiary/aromatic N) is 4. The third-order valence-electron chi connectivity index (χ3n) is 3.96. The van der Waals surface area contributed by atoms with Gasteiger partial charge in [-0.2, -0.15) is 4.98 Å². The van der Waals surface area contributed by atoms with Gasteiger partial charge in [-0.25, -0.2) is 0 Å². The van der Waals surface area contributed by atoms with Crippen LogP contribution in [0.1, 0.15) is 25.2 Å². The van der Waals surface area contributed by atoms with Crippen LogP contribution in [0, 0.1) is 13.8 Å². The summed E-state index contributed by atoms with van der Waals surface area (Å²) in [7, 11) is 3.28. The molecule has 2 aromatic heterocycles. The van der Waals surface area contributed by atoms with Crippen LogP contribution < -0.4 is 19.0 Å². The number of fused-ring (bicyclic) bond motifs is 1. The van der Waals surface area contributed by atoms with Crippen LogP contribution in [-0.2, 0) is 0 Å². The molecule has 3 rings (SSSR count). The zero-order valence-corrected chi connectivity index (χ0v) is 16.1. The first-order valence-electron chi connectivity index (χ1n) is 8.07. The van der Waals surface area contributed by atoms with Crippen molar-refractivity contribution in [3.8, 4) is 17.4 Å². The van der Waals surface area contributed by atoms with Crippen molar-refractivity contribution in [1.29, 1.82) is 0 Å². The van der Waals surface area contributed by atoms with E-state index in [4.69, 9.17) is 9.47 Å². The van der Waals surface area contributed by atoms with Crippen LogP contribution in [-0.4, -0.2) is 29.7 Å². The lowest BCUT2D eigenvalue weighted by molar-refractivity contribution is -0.615. The fraction of sp³-hybridized carbons (Fsp3) is 0.389. The van der Waals surface area contributed by atoms with Gasteiger partial charge in [0, 0.05) is 22.0 Å². The second kappa shape index (κ2) is 6.92. The number of aryl methyl sites for hydroxylation is 2. The molecule has 3 aromatic rings. The molecule has 25 heavy (non-hydrogen) atoms. The summed E-state index contributed by atoms with van der Waals surface area (Å²) in [6, 6.07) is 6.07. The molecule has 0 saturated carbocycles. The summed E-state index contributed by atoms with van der Waals surface area (Å²) in [5.74, 6) is 2.01. The monoisotopic (exact) mass is 358 g/mol. The molecule has 1 aromatic carbocycles. The number of rotatable bonds is 5. The van der Waals surface area contributed by atoms with Crippen molar-refractivity contribution in [2.45, 2.75) is 38.1 Å². The topological polar surface area (TPSA) is 62.2 Å². The summed E-state index contributed by atoms with van der Waals surface area (Å²) in [5, 5.41) is 11.7. The molecule has 7 heteroatoms. The van der Waals surface area contributed by atoms with Crippen molar-refractivity contribution in [2.24, 2.45) is 0 Å². The molecule has 6 nitrogen and oxygen atoms in total. The molecule has 0 aliphatic rings. The Balaban J connectivity index is 2.17. The molecule has 0 atom stereocenters. The number of pyridine rings is 1. The minimum Gasteiger partial charge on any atom is -0.493 e. The van der Waals surface area contributed by atoms with Gasteiger partial charge in [0.25, 0.3) is 5.95 Å². The van der Waals surface area contributed by atoms with Crippen molar-refractivity contribution in [1.82, 2.24) is 15.2 Å². The fourth-order valence-corrected chi connectivity index (χ4v) is 3.53. The van der Waals surface area contributed by atoms with Gasteiger partial charge in [-0.1, -0.05) is 25.6 Å². The average molecular weight is 358 g/mol. The first-order chi connectivity index (χ1) is 11.9. The number of aromatic nitrogens is 4. The van der Waals surface area contributed by atoms with Crippen LogP contribution in [0.5, 0.6) is 11.5 Å². The quantitative estimate of drug-likeness (QED) is 0.516. The molecule has 0 radical (unpaired) electrons. The van der Waals surface area contributed by atoms with E-state index < -0.39 is 0 Å². The van der Waals surface area contributed by atoms with Crippen molar-refractivity contribution in [2.75, 3.05) is 14.2 Å². The van der Waals surface area contributed by atoms with Gasteiger partial charge in [-0.3, -0.25) is 4.57 Å². The molecular weight excluding hydrogens is 336 g/mol. The van der Waals surface area contributed by atoms with E-state index in [0.29, 0.717) is 27.9 Å². The van der Waals surface area contributed by atoms with Gasteiger partial charge in [0.05, 0.1) is 14.2 Å². The summed E-state index contributed by atoms with van der Waals surface area (Å²) in [5.41, 5.74) is 2.06. The van der Waals surface area contributed by atoms with Gasteiger partial charge < -0.3 is 9.47 Å². The first-order valence-corrected chi connectivity index (χ1v) is 8.95. The van der Waals surface area contributed by atoms with E-state index in [-0.39, 0.29) is 0 Å². The molecule has 0 saturated heterocycles. The Labute approximate surface area is 151 Å². The average Bonchev–Trinajstić information content (AvgIpc) is 3.01. The standard InChI is InChI=1S/C18H22N4O2S/c1-10(2)25-18-19-17(20-21-18)22-11(3)7-13-8-15(23-5)16(24-6)9-14(13)12(22)4/h7-10H,1-6H3. The molecule has 132 valence electrons. The number of benzene rings is 1. The number of hydrogen-bond acceptors (Lipinski definition) is 5. The van der Waals surface area contributed by atoms with Gasteiger partial charge in [0.2, 0.25) is 5.16 Å². The van der Waals surface area contributed by atoms with Crippen LogP contribution in [0.25, 0.3) is 16.7 Å². The van der Waals surface area contributed by atoms with Crippen LogP contribution in [0.4, 0.5) is 0 Å². The van der Waals surface area contributed by atoms with Crippen molar-refractivity contribution >= 4 is 22.5 Å². The number of ether oxygens (including phenoxy) is 2. The van der Waals surface area contributed by atoms with Gasteiger partial charge in [-0.05, 0) is 37.4 Å². The van der Waals surface area contributed by atoms with Crippen LogP contribution in [0.2, 0.25) is 0 Å². The van der Waals surface area contributed by atoms with Crippen molar-refractivity contribution < 1.29 is 14.0 Å². The van der Waals surface area contributed by atoms with E-state index in [1.165, 1.54) is 0 Å². The summed E-state index contributed by atoms with van der Waals surface area (Å²) < 4.78 is 12.9. The first kappa shape index (κ1) is 17.5. The van der Waals surface area contributed by atoms with E-state index in [2.05, 4.69) is 35.1 Å². The van der Waals surface area contributed by atoms with Crippen molar-refractivity contribution in [3.05, 3.63) is 29.6 Å². The maximum atomic E-state index is 5.44. The molecule has 0 amide bonds. The van der Waals surface area contributed by atoms with Gasteiger partial charge in [-0.15, -0.1) is 10.2 Å². The zero-order valence-electron chi connectivity index (χ0n) is 15.3. The molecule has 0 aliphatic carbocycles. The van der Waals surface area contributed by atoms with E-state index in [1.807, 2.05) is 30.5 Å². The molecule has 2 heterocycles. The lowest BCUT2D eigenvalue weighted by atomic mass is 10.1. The largest absolute Gasteiger partial charge is 0.493 e. The molecule has 0 N–H and O–H groups in total. The van der Waals surface area contributed by atoms with E-state index in [9.17, 15) is 0 Å². The molecule has 0 fully saturated rings. The second-order valence-electron chi connectivity index (χ2n) is 6.06. The van der Waals surface area contributed by atoms with Crippen LogP contribution in [0.3, 0.4) is 0 Å². The highest BCUT2D eigenvalue weighted by atomic mass is 32.2. The van der Waals surface area contributed by atoms with E-state index >= 15 is 0 Å². The van der Waals surface area contributed by atoms with Crippen molar-refractivity contribution in [3.63, 3.8) is 0 Å². The van der Waals surface area contributed by atoms with Gasteiger partial charge >= 0.3 is 0 Å². The minimum atomic E-state index is 0.414. The molecular formula is C18H22N4O2S. The number of methoxy groups -OCH3 is 2. The maximum Gasteiger partial charge on any atom is 0.256 e. The van der Waals surface area contributed by atoms with Crippen LogP contribution >= 0.6 is 11.8 Å². The van der Waals surface area contributed by atoms with E-state index in [0.717, 1.165) is 22.2 Å². The molecule has 0 aliphatic heterocycles.